The lowest BCUT2D eigenvalue weighted by atomic mass is 10.0. The Balaban J connectivity index is 2.40. The normalized spacial score (nSPS) is 12.3. The number of anilines is 1. The number of unbranched alkanes of at least 4 members (excludes halogenated alkanes) is 10. The van der Waals surface area contributed by atoms with Crippen molar-refractivity contribution in [2.75, 3.05) is 17.6 Å². The maximum atomic E-state index is 12.1. The van der Waals surface area contributed by atoms with Gasteiger partial charge >= 0.3 is 5.97 Å². The van der Waals surface area contributed by atoms with Crippen LogP contribution in [-0.4, -0.2) is 33.4 Å². The summed E-state index contributed by atoms with van der Waals surface area (Å²) in [5.74, 6) is 0.236. The van der Waals surface area contributed by atoms with Crippen LogP contribution in [-0.2, 0) is 19.6 Å². The molecule has 0 fully saturated rings. The van der Waals surface area contributed by atoms with Crippen LogP contribution in [0.25, 0.3) is 0 Å². The molecule has 0 amide bonds. The number of methoxy groups -OCH3 is 1. The van der Waals surface area contributed by atoms with Gasteiger partial charge in [0.05, 0.1) is 12.9 Å². The van der Waals surface area contributed by atoms with Crippen molar-refractivity contribution in [1.82, 2.24) is 0 Å². The lowest BCUT2D eigenvalue weighted by Gasteiger charge is -2.17. The molecule has 32 heavy (non-hydrogen) atoms. The van der Waals surface area contributed by atoms with Gasteiger partial charge < -0.3 is 9.47 Å². The molecule has 0 aliphatic carbocycles. The van der Waals surface area contributed by atoms with E-state index in [1.165, 1.54) is 58.5 Å². The Hall–Kier alpha value is -1.76. The molecule has 184 valence electrons. The van der Waals surface area contributed by atoms with Crippen molar-refractivity contribution in [3.8, 4) is 5.75 Å². The van der Waals surface area contributed by atoms with E-state index in [2.05, 4.69) is 11.6 Å². The average molecular weight is 470 g/mol. The van der Waals surface area contributed by atoms with Gasteiger partial charge in [0.15, 0.2) is 6.10 Å². The topological polar surface area (TPSA) is 81.7 Å². The van der Waals surface area contributed by atoms with Crippen LogP contribution in [0.4, 0.5) is 5.69 Å². The number of carbonyl (C=O) groups is 1. The minimum absolute atomic E-state index is 0.102. The molecule has 1 atom stereocenters. The third-order valence-corrected chi connectivity index (χ3v) is 6.83. The Labute approximate surface area is 195 Å². The van der Waals surface area contributed by atoms with Gasteiger partial charge in [0.25, 0.3) is 0 Å². The molecule has 7 heteroatoms. The summed E-state index contributed by atoms with van der Waals surface area (Å²) < 4.78 is 37.3. The highest BCUT2D eigenvalue weighted by atomic mass is 32.2. The average Bonchev–Trinajstić information content (AvgIpc) is 2.78. The van der Waals surface area contributed by atoms with Crippen LogP contribution in [0.15, 0.2) is 24.3 Å². The molecule has 1 rings (SSSR count). The fourth-order valence-electron chi connectivity index (χ4n) is 3.50. The molecule has 0 spiro atoms. The zero-order valence-electron chi connectivity index (χ0n) is 20.2. The summed E-state index contributed by atoms with van der Waals surface area (Å²) in [5.41, 5.74) is 0.484. The molecule has 0 aliphatic rings. The first-order chi connectivity index (χ1) is 15.4. The Morgan fingerprint density at radius 3 is 1.91 bits per heavy atom. The summed E-state index contributed by atoms with van der Waals surface area (Å²) in [6.07, 6.45) is 13.7. The van der Waals surface area contributed by atoms with E-state index in [4.69, 9.17) is 9.47 Å². The lowest BCUT2D eigenvalue weighted by Crippen LogP contribution is -2.28. The van der Waals surface area contributed by atoms with Gasteiger partial charge in [-0.25, -0.2) is 13.2 Å². The Morgan fingerprint density at radius 1 is 0.844 bits per heavy atom. The zero-order chi connectivity index (χ0) is 23.7. The molecule has 1 unspecified atom stereocenters. The van der Waals surface area contributed by atoms with Crippen LogP contribution in [0.5, 0.6) is 5.75 Å². The molecule has 0 radical (unpaired) electrons. The molecular formula is C25H43NO5S. The second-order valence-corrected chi connectivity index (χ2v) is 10.2. The quantitative estimate of drug-likeness (QED) is 0.186. The van der Waals surface area contributed by atoms with Gasteiger partial charge in [0, 0.05) is 5.69 Å². The highest BCUT2D eigenvalue weighted by Crippen LogP contribution is 2.21. The fraction of sp³-hybridized carbons (Fsp3) is 0.720. The summed E-state index contributed by atoms with van der Waals surface area (Å²) in [4.78, 5) is 12.1. The number of hydrogen-bond acceptors (Lipinski definition) is 5. The van der Waals surface area contributed by atoms with Gasteiger partial charge in [-0.2, -0.15) is 0 Å². The predicted octanol–water partition coefficient (Wildman–Crippen LogP) is 6.46. The van der Waals surface area contributed by atoms with Crippen LogP contribution >= 0.6 is 0 Å². The van der Waals surface area contributed by atoms with E-state index >= 15 is 0 Å². The van der Waals surface area contributed by atoms with Gasteiger partial charge in [0.1, 0.15) is 5.75 Å². The van der Waals surface area contributed by atoms with Crippen LogP contribution in [0.3, 0.4) is 0 Å². The summed E-state index contributed by atoms with van der Waals surface area (Å²) >= 11 is 0. The van der Waals surface area contributed by atoms with Gasteiger partial charge in [-0.1, -0.05) is 78.1 Å². The van der Waals surface area contributed by atoms with Crippen LogP contribution < -0.4 is 9.46 Å². The van der Waals surface area contributed by atoms with E-state index in [9.17, 15) is 13.2 Å². The summed E-state index contributed by atoms with van der Waals surface area (Å²) in [6, 6.07) is 6.64. The van der Waals surface area contributed by atoms with E-state index in [0.717, 1.165) is 19.3 Å². The number of ether oxygens (including phenoxy) is 2. The molecule has 0 bridgehead atoms. The van der Waals surface area contributed by atoms with Crippen molar-refractivity contribution in [3.05, 3.63) is 24.3 Å². The highest BCUT2D eigenvalue weighted by molar-refractivity contribution is 7.92. The molecule has 0 saturated heterocycles. The molecule has 0 saturated carbocycles. The van der Waals surface area contributed by atoms with Crippen LogP contribution in [0.2, 0.25) is 0 Å². The van der Waals surface area contributed by atoms with Gasteiger partial charge in [-0.15, -0.1) is 0 Å². The largest absolute Gasteiger partial charge is 0.479 e. The van der Waals surface area contributed by atoms with Crippen molar-refractivity contribution in [1.29, 1.82) is 0 Å². The summed E-state index contributed by atoms with van der Waals surface area (Å²) in [7, 11) is -1.98. The first-order valence-electron chi connectivity index (χ1n) is 12.3. The third-order valence-electron chi connectivity index (χ3n) is 5.46. The van der Waals surface area contributed by atoms with Gasteiger partial charge in [-0.05, 0) is 43.5 Å². The maximum absolute atomic E-state index is 12.1. The van der Waals surface area contributed by atoms with Crippen molar-refractivity contribution < 1.29 is 22.7 Å². The Kier molecular flexibility index (Phi) is 14.9. The number of benzene rings is 1. The van der Waals surface area contributed by atoms with Crippen LogP contribution in [0.1, 0.15) is 97.3 Å². The number of esters is 1. The first-order valence-corrected chi connectivity index (χ1v) is 13.9. The smallest absolute Gasteiger partial charge is 0.347 e. The van der Waals surface area contributed by atoms with E-state index in [-0.39, 0.29) is 11.7 Å². The molecule has 0 aliphatic heterocycles. The van der Waals surface area contributed by atoms with E-state index in [1.54, 1.807) is 24.3 Å². The third kappa shape index (κ3) is 12.9. The lowest BCUT2D eigenvalue weighted by molar-refractivity contribution is -0.149. The van der Waals surface area contributed by atoms with Gasteiger partial charge in [-0.3, -0.25) is 4.72 Å². The fourth-order valence-corrected chi connectivity index (χ4v) is 4.77. The van der Waals surface area contributed by atoms with E-state index in [0.29, 0.717) is 24.3 Å². The summed E-state index contributed by atoms with van der Waals surface area (Å²) in [6.45, 7) is 4.19. The number of sulfonamides is 1. The minimum Gasteiger partial charge on any atom is -0.479 e. The molecular weight excluding hydrogens is 426 g/mol. The summed E-state index contributed by atoms with van der Waals surface area (Å²) in [5, 5.41) is 0. The maximum Gasteiger partial charge on any atom is 0.347 e. The molecule has 1 N–H and O–H groups in total. The number of carbonyl (C=O) groups excluding carboxylic acids is 1. The minimum atomic E-state index is -3.34. The Bertz CT molecular complexity index is 718. The molecule has 0 heterocycles. The molecule has 1 aromatic carbocycles. The highest BCUT2D eigenvalue weighted by Gasteiger charge is 2.21. The SMILES string of the molecule is CCCCCCCCCCCCC(Oc1ccc(NS(=O)(=O)CCCC)cc1)C(=O)OC. The number of rotatable bonds is 19. The number of nitrogens with one attached hydrogen (secondary N) is 1. The monoisotopic (exact) mass is 469 g/mol. The zero-order valence-corrected chi connectivity index (χ0v) is 21.1. The van der Waals surface area contributed by atoms with Crippen molar-refractivity contribution in [3.63, 3.8) is 0 Å². The number of hydrogen-bond donors (Lipinski definition) is 1. The van der Waals surface area contributed by atoms with E-state index < -0.39 is 16.1 Å². The molecule has 0 aromatic heterocycles. The van der Waals surface area contributed by atoms with Crippen molar-refractivity contribution in [2.24, 2.45) is 0 Å². The molecule has 6 nitrogen and oxygen atoms in total. The first kappa shape index (κ1) is 28.3. The second-order valence-electron chi connectivity index (χ2n) is 8.40. The van der Waals surface area contributed by atoms with E-state index in [1.807, 2.05) is 6.92 Å². The van der Waals surface area contributed by atoms with Gasteiger partial charge in [0.2, 0.25) is 10.0 Å². The standard InChI is InChI=1S/C25H43NO5S/c1-4-6-8-9-10-11-12-13-14-15-16-24(25(27)30-3)31-23-19-17-22(18-20-23)26-32(28,29)21-7-5-2/h17-20,24,26H,4-16,21H2,1-3H3. The second kappa shape index (κ2) is 16.8. The Morgan fingerprint density at radius 2 is 1.38 bits per heavy atom. The molecule has 1 aromatic rings. The van der Waals surface area contributed by atoms with Crippen molar-refractivity contribution >= 4 is 21.7 Å². The van der Waals surface area contributed by atoms with Crippen molar-refractivity contribution in [2.45, 2.75) is 103 Å². The predicted molar refractivity (Wildman–Crippen MR) is 132 cm³/mol. The van der Waals surface area contributed by atoms with Crippen LogP contribution in [0, 0.1) is 0 Å².